The van der Waals surface area contributed by atoms with Crippen molar-refractivity contribution in [1.29, 1.82) is 0 Å². The lowest BCUT2D eigenvalue weighted by atomic mass is 9.80. The van der Waals surface area contributed by atoms with Gasteiger partial charge in [0, 0.05) is 5.41 Å². The highest BCUT2D eigenvalue weighted by molar-refractivity contribution is 6.18. The van der Waals surface area contributed by atoms with Gasteiger partial charge in [-0.05, 0) is 164 Å². The van der Waals surface area contributed by atoms with E-state index in [0.29, 0.717) is 0 Å². The van der Waals surface area contributed by atoms with Crippen LogP contribution >= 0.6 is 0 Å². The molecule has 0 radical (unpaired) electrons. The highest BCUT2D eigenvalue weighted by Gasteiger charge is 2.36. The van der Waals surface area contributed by atoms with Crippen molar-refractivity contribution in [1.82, 2.24) is 0 Å². The van der Waals surface area contributed by atoms with Crippen LogP contribution in [0.1, 0.15) is 25.0 Å². The molecule has 0 heteroatoms. The second-order valence-electron chi connectivity index (χ2n) is 16.5. The number of rotatable bonds is 4. The molecule has 0 heterocycles. The SMILES string of the molecule is CC1(C)c2cc(-c3cc(-c4ccc5ccccc5c4)cc(-c4ccc5c6c(cccc46)-c4ccccc4-5)c3)ccc2-c2ccc(-c3ccc4ccccc4c3)cc21. The van der Waals surface area contributed by atoms with Gasteiger partial charge in [-0.3, -0.25) is 0 Å². The molecule has 0 atom stereocenters. The molecule has 10 aromatic rings. The molecule has 57 heavy (non-hydrogen) atoms. The van der Waals surface area contributed by atoms with Crippen LogP contribution in [-0.2, 0) is 5.41 Å². The summed E-state index contributed by atoms with van der Waals surface area (Å²) >= 11 is 0. The summed E-state index contributed by atoms with van der Waals surface area (Å²) in [6.45, 7) is 4.79. The van der Waals surface area contributed by atoms with Gasteiger partial charge in [0.25, 0.3) is 0 Å². The van der Waals surface area contributed by atoms with Gasteiger partial charge < -0.3 is 0 Å². The molecule has 0 spiro atoms. The molecule has 10 aromatic carbocycles. The Morgan fingerprint density at radius 3 is 1.30 bits per heavy atom. The van der Waals surface area contributed by atoms with Gasteiger partial charge in [0.05, 0.1) is 0 Å². The van der Waals surface area contributed by atoms with Crippen LogP contribution in [0.3, 0.4) is 0 Å². The minimum absolute atomic E-state index is 0.154. The summed E-state index contributed by atoms with van der Waals surface area (Å²) in [7, 11) is 0. The minimum atomic E-state index is -0.154. The third kappa shape index (κ3) is 4.87. The fraction of sp³-hybridized carbons (Fsp3) is 0.0526. The lowest BCUT2D eigenvalue weighted by molar-refractivity contribution is 0.661. The smallest absolute Gasteiger partial charge is 0.0159 e. The number of benzene rings is 10. The molecule has 266 valence electrons. The van der Waals surface area contributed by atoms with Crippen LogP contribution in [0.25, 0.3) is 110 Å². The quantitative estimate of drug-likeness (QED) is 0.170. The van der Waals surface area contributed by atoms with Crippen molar-refractivity contribution in [2.45, 2.75) is 19.3 Å². The Morgan fingerprint density at radius 2 is 0.684 bits per heavy atom. The van der Waals surface area contributed by atoms with Crippen LogP contribution < -0.4 is 0 Å². The van der Waals surface area contributed by atoms with Crippen molar-refractivity contribution in [3.63, 3.8) is 0 Å². The Kier molecular flexibility index (Phi) is 6.78. The normalized spacial score (nSPS) is 13.2. The summed E-state index contributed by atoms with van der Waals surface area (Å²) in [5.41, 5.74) is 20.5. The molecular formula is C57H38. The van der Waals surface area contributed by atoms with Crippen molar-refractivity contribution >= 4 is 32.3 Å². The Labute approximate surface area is 333 Å². The zero-order valence-corrected chi connectivity index (χ0v) is 32.0. The van der Waals surface area contributed by atoms with Crippen LogP contribution in [-0.4, -0.2) is 0 Å². The van der Waals surface area contributed by atoms with Gasteiger partial charge in [-0.25, -0.2) is 0 Å². The van der Waals surface area contributed by atoms with Gasteiger partial charge in [0.2, 0.25) is 0 Å². The van der Waals surface area contributed by atoms with Gasteiger partial charge in [0.1, 0.15) is 0 Å². The third-order valence-corrected chi connectivity index (χ3v) is 13.0. The van der Waals surface area contributed by atoms with Gasteiger partial charge in [0.15, 0.2) is 0 Å². The maximum Gasteiger partial charge on any atom is 0.0159 e. The predicted molar refractivity (Wildman–Crippen MR) is 243 cm³/mol. The van der Waals surface area contributed by atoms with E-state index in [0.717, 1.165) is 0 Å². The largest absolute Gasteiger partial charge is 0.0616 e. The Balaban J connectivity index is 1.01. The van der Waals surface area contributed by atoms with E-state index >= 15 is 0 Å². The zero-order chi connectivity index (χ0) is 37.8. The summed E-state index contributed by atoms with van der Waals surface area (Å²) in [6, 6.07) is 72.9. The predicted octanol–water partition coefficient (Wildman–Crippen LogP) is 15.8. The minimum Gasteiger partial charge on any atom is -0.0616 e. The first kappa shape index (κ1) is 32.2. The fourth-order valence-electron chi connectivity index (χ4n) is 10.0. The lowest BCUT2D eigenvalue weighted by Crippen LogP contribution is -2.15. The Morgan fingerprint density at radius 1 is 0.263 bits per heavy atom. The Hall–Kier alpha value is -7.02. The average molecular weight is 723 g/mol. The van der Waals surface area contributed by atoms with E-state index in [1.807, 2.05) is 0 Å². The van der Waals surface area contributed by atoms with E-state index < -0.39 is 0 Å². The summed E-state index contributed by atoms with van der Waals surface area (Å²) in [4.78, 5) is 0. The Bertz CT molecular complexity index is 3290. The third-order valence-electron chi connectivity index (χ3n) is 13.0. The van der Waals surface area contributed by atoms with Crippen LogP contribution in [0.15, 0.2) is 194 Å². The summed E-state index contributed by atoms with van der Waals surface area (Å²) in [6.07, 6.45) is 0. The zero-order valence-electron chi connectivity index (χ0n) is 32.0. The molecule has 2 aliphatic rings. The van der Waals surface area contributed by atoms with E-state index in [9.17, 15) is 0 Å². The molecule has 12 rings (SSSR count). The summed E-state index contributed by atoms with van der Waals surface area (Å²) in [5.74, 6) is 0. The number of hydrogen-bond donors (Lipinski definition) is 0. The van der Waals surface area contributed by atoms with E-state index in [2.05, 4.69) is 208 Å². The molecule has 0 N–H and O–H groups in total. The first-order chi connectivity index (χ1) is 28.0. The second-order valence-corrected chi connectivity index (χ2v) is 16.5. The van der Waals surface area contributed by atoms with E-state index in [1.54, 1.807) is 0 Å². The van der Waals surface area contributed by atoms with Crippen LogP contribution in [0.4, 0.5) is 0 Å². The van der Waals surface area contributed by atoms with Gasteiger partial charge in [-0.1, -0.05) is 166 Å². The van der Waals surface area contributed by atoms with Crippen LogP contribution in [0.5, 0.6) is 0 Å². The maximum atomic E-state index is 2.47. The average Bonchev–Trinajstić information content (AvgIpc) is 3.71. The van der Waals surface area contributed by atoms with Gasteiger partial charge in [-0.15, -0.1) is 0 Å². The maximum absolute atomic E-state index is 2.47. The molecule has 0 nitrogen and oxygen atoms in total. The molecule has 0 saturated heterocycles. The molecular weight excluding hydrogens is 685 g/mol. The van der Waals surface area contributed by atoms with Crippen molar-refractivity contribution in [2.24, 2.45) is 0 Å². The number of fused-ring (bicyclic) bond motifs is 8. The fourth-order valence-corrected chi connectivity index (χ4v) is 10.0. The molecule has 0 bridgehead atoms. The van der Waals surface area contributed by atoms with Crippen LogP contribution in [0, 0.1) is 0 Å². The van der Waals surface area contributed by atoms with Crippen molar-refractivity contribution in [3.05, 3.63) is 205 Å². The van der Waals surface area contributed by atoms with Crippen molar-refractivity contribution in [2.75, 3.05) is 0 Å². The molecule has 0 aromatic heterocycles. The van der Waals surface area contributed by atoms with Crippen LogP contribution in [0.2, 0.25) is 0 Å². The first-order valence-corrected chi connectivity index (χ1v) is 20.1. The van der Waals surface area contributed by atoms with E-state index in [4.69, 9.17) is 0 Å². The molecule has 2 aliphatic carbocycles. The van der Waals surface area contributed by atoms with Crippen molar-refractivity contribution < 1.29 is 0 Å². The molecule has 0 saturated carbocycles. The second kappa shape index (κ2) is 12.0. The molecule has 0 aliphatic heterocycles. The molecule has 0 unspecified atom stereocenters. The first-order valence-electron chi connectivity index (χ1n) is 20.1. The standard InChI is InChI=1S/C57H38/c1-57(2)54-33-41(39-20-18-35-10-3-5-12-37(35)28-39)22-24-49(54)50-25-23-42(34-55(50)57)44-30-43(40-21-19-36-11-4-6-13-38(36)29-40)31-45(32-44)46-26-27-53-48-15-8-7-14-47(48)52-17-9-16-51(46)56(52)53/h3-34H,1-2H3. The van der Waals surface area contributed by atoms with Crippen molar-refractivity contribution in [3.8, 4) is 77.9 Å². The number of hydrogen-bond acceptors (Lipinski definition) is 0. The highest BCUT2D eigenvalue weighted by Crippen LogP contribution is 2.52. The summed E-state index contributed by atoms with van der Waals surface area (Å²) < 4.78 is 0. The van der Waals surface area contributed by atoms with Gasteiger partial charge >= 0.3 is 0 Å². The van der Waals surface area contributed by atoms with E-state index in [-0.39, 0.29) is 5.41 Å². The topological polar surface area (TPSA) is 0 Å². The summed E-state index contributed by atoms with van der Waals surface area (Å²) in [5, 5.41) is 7.72. The monoisotopic (exact) mass is 722 g/mol. The highest BCUT2D eigenvalue weighted by atomic mass is 14.4. The van der Waals surface area contributed by atoms with Gasteiger partial charge in [-0.2, -0.15) is 0 Å². The lowest BCUT2D eigenvalue weighted by Gasteiger charge is -2.23. The molecule has 0 fully saturated rings. The molecule has 0 amide bonds. The van der Waals surface area contributed by atoms with E-state index in [1.165, 1.54) is 121 Å².